The van der Waals surface area contributed by atoms with Gasteiger partial charge in [-0.25, -0.2) is 4.79 Å². The van der Waals surface area contributed by atoms with Crippen molar-refractivity contribution in [2.75, 3.05) is 6.54 Å². The Kier molecular flexibility index (Phi) is 4.34. The van der Waals surface area contributed by atoms with Gasteiger partial charge in [0.15, 0.2) is 0 Å². The summed E-state index contributed by atoms with van der Waals surface area (Å²) in [5.41, 5.74) is 0.125. The maximum atomic E-state index is 12.6. The molecule has 132 valence electrons. The van der Waals surface area contributed by atoms with E-state index in [2.05, 4.69) is 24.0 Å². The summed E-state index contributed by atoms with van der Waals surface area (Å²) in [5.74, 6) is 0. The van der Waals surface area contributed by atoms with Crippen molar-refractivity contribution < 1.29 is 14.6 Å². The van der Waals surface area contributed by atoms with Crippen molar-refractivity contribution in [3.63, 3.8) is 0 Å². The number of aliphatic hydroxyl groups is 1. The van der Waals surface area contributed by atoms with Crippen LogP contribution in [0.1, 0.15) is 46.1 Å². The van der Waals surface area contributed by atoms with Gasteiger partial charge in [0.2, 0.25) is 0 Å². The molecule has 0 aromatic heterocycles. The molecule has 24 heavy (non-hydrogen) atoms. The van der Waals surface area contributed by atoms with Crippen molar-refractivity contribution in [2.45, 2.75) is 70.5 Å². The van der Waals surface area contributed by atoms with Crippen LogP contribution in [0.5, 0.6) is 0 Å². The third-order valence-electron chi connectivity index (χ3n) is 5.27. The fourth-order valence-corrected chi connectivity index (χ4v) is 4.08. The zero-order valence-corrected chi connectivity index (χ0v) is 15.0. The Balaban J connectivity index is 1.74. The van der Waals surface area contributed by atoms with Crippen LogP contribution >= 0.6 is 0 Å². The first-order valence-electron chi connectivity index (χ1n) is 8.74. The first-order valence-corrected chi connectivity index (χ1v) is 8.74. The van der Waals surface area contributed by atoms with Crippen LogP contribution in [0.15, 0.2) is 30.3 Å². The highest BCUT2D eigenvalue weighted by Crippen LogP contribution is 2.48. The lowest BCUT2D eigenvalue weighted by Crippen LogP contribution is -2.79. The maximum Gasteiger partial charge on any atom is 0.410 e. The SMILES string of the molecule is CC1N(Cc2ccccc2)C(O)C12CCCN2C(=O)OC(C)(C)C. The minimum atomic E-state index is -0.650. The Hall–Kier alpha value is -1.59. The molecule has 0 radical (unpaired) electrons. The van der Waals surface area contributed by atoms with E-state index in [9.17, 15) is 9.90 Å². The van der Waals surface area contributed by atoms with Crippen LogP contribution in [0.25, 0.3) is 0 Å². The maximum absolute atomic E-state index is 12.6. The molecule has 1 amide bonds. The molecule has 5 heteroatoms. The number of benzene rings is 1. The van der Waals surface area contributed by atoms with Crippen LogP contribution in [0.2, 0.25) is 0 Å². The van der Waals surface area contributed by atoms with Crippen molar-refractivity contribution in [1.82, 2.24) is 9.80 Å². The molecule has 3 unspecified atom stereocenters. The molecule has 2 saturated heterocycles. The van der Waals surface area contributed by atoms with Crippen LogP contribution in [0.4, 0.5) is 4.79 Å². The third-order valence-corrected chi connectivity index (χ3v) is 5.27. The number of amides is 1. The predicted molar refractivity (Wildman–Crippen MR) is 92.4 cm³/mol. The molecule has 5 nitrogen and oxygen atoms in total. The van der Waals surface area contributed by atoms with Gasteiger partial charge in [0.25, 0.3) is 0 Å². The summed E-state index contributed by atoms with van der Waals surface area (Å²) in [6.45, 7) is 9.04. The van der Waals surface area contributed by atoms with Gasteiger partial charge in [-0.15, -0.1) is 0 Å². The number of likely N-dealkylation sites (tertiary alicyclic amines) is 2. The van der Waals surface area contributed by atoms with E-state index in [4.69, 9.17) is 4.74 Å². The standard InChI is InChI=1S/C19H28N2O3/c1-14-19(11-8-12-21(19)17(23)24-18(2,3)4)16(22)20(14)13-15-9-6-5-7-10-15/h5-7,9-10,14,16,22H,8,11-13H2,1-4H3. The number of hydrogen-bond donors (Lipinski definition) is 1. The van der Waals surface area contributed by atoms with Crippen molar-refractivity contribution in [3.05, 3.63) is 35.9 Å². The second kappa shape index (κ2) is 6.05. The lowest BCUT2D eigenvalue weighted by atomic mass is 9.76. The van der Waals surface area contributed by atoms with E-state index in [-0.39, 0.29) is 12.1 Å². The molecule has 2 aliphatic rings. The zero-order valence-electron chi connectivity index (χ0n) is 15.0. The Morgan fingerprint density at radius 1 is 1.33 bits per heavy atom. The first-order chi connectivity index (χ1) is 11.3. The largest absolute Gasteiger partial charge is 0.444 e. The average molecular weight is 332 g/mol. The molecule has 0 aliphatic carbocycles. The average Bonchev–Trinajstić information content (AvgIpc) is 2.99. The summed E-state index contributed by atoms with van der Waals surface area (Å²) < 4.78 is 5.56. The summed E-state index contributed by atoms with van der Waals surface area (Å²) in [7, 11) is 0. The number of aliphatic hydroxyl groups excluding tert-OH is 1. The quantitative estimate of drug-likeness (QED) is 0.905. The van der Waals surface area contributed by atoms with Crippen LogP contribution in [0.3, 0.4) is 0 Å². The highest BCUT2D eigenvalue weighted by Gasteiger charge is 2.64. The van der Waals surface area contributed by atoms with E-state index >= 15 is 0 Å². The lowest BCUT2D eigenvalue weighted by molar-refractivity contribution is -0.230. The summed E-state index contributed by atoms with van der Waals surface area (Å²) >= 11 is 0. The van der Waals surface area contributed by atoms with Crippen molar-refractivity contribution in [2.24, 2.45) is 0 Å². The predicted octanol–water partition coefficient (Wildman–Crippen LogP) is 2.98. The third kappa shape index (κ3) is 2.80. The molecule has 1 aromatic rings. The molecule has 3 rings (SSSR count). The Labute approximate surface area is 144 Å². The first kappa shape index (κ1) is 17.2. The van der Waals surface area contributed by atoms with Crippen molar-refractivity contribution >= 4 is 6.09 Å². The van der Waals surface area contributed by atoms with E-state index in [1.165, 1.54) is 5.56 Å². The molecule has 1 N–H and O–H groups in total. The molecular weight excluding hydrogens is 304 g/mol. The monoisotopic (exact) mass is 332 g/mol. The zero-order chi connectivity index (χ0) is 17.5. The van der Waals surface area contributed by atoms with Gasteiger partial charge >= 0.3 is 6.09 Å². The number of carbonyl (C=O) groups excluding carboxylic acids is 1. The molecule has 2 heterocycles. The van der Waals surface area contributed by atoms with E-state index in [1.807, 2.05) is 39.0 Å². The van der Waals surface area contributed by atoms with Gasteiger partial charge in [-0.3, -0.25) is 9.80 Å². The minimum absolute atomic E-state index is 0.0997. The minimum Gasteiger partial charge on any atom is -0.444 e. The molecule has 1 aromatic carbocycles. The van der Waals surface area contributed by atoms with E-state index in [0.717, 1.165) is 12.8 Å². The summed E-state index contributed by atoms with van der Waals surface area (Å²) in [6, 6.07) is 10.2. The van der Waals surface area contributed by atoms with Gasteiger partial charge in [0.1, 0.15) is 17.4 Å². The van der Waals surface area contributed by atoms with Gasteiger partial charge in [0.05, 0.1) is 0 Å². The van der Waals surface area contributed by atoms with Crippen molar-refractivity contribution in [1.29, 1.82) is 0 Å². The van der Waals surface area contributed by atoms with Crippen LogP contribution in [0, 0.1) is 0 Å². The van der Waals surface area contributed by atoms with Gasteiger partial charge in [0, 0.05) is 19.1 Å². The normalized spacial score (nSPS) is 30.5. The van der Waals surface area contributed by atoms with E-state index in [1.54, 1.807) is 4.90 Å². The van der Waals surface area contributed by atoms with Crippen LogP contribution in [-0.4, -0.2) is 51.0 Å². The fourth-order valence-electron chi connectivity index (χ4n) is 4.08. The van der Waals surface area contributed by atoms with Gasteiger partial charge in [-0.05, 0) is 46.1 Å². The second-order valence-electron chi connectivity index (χ2n) is 7.93. The summed E-state index contributed by atoms with van der Waals surface area (Å²) in [5, 5.41) is 10.9. The fraction of sp³-hybridized carbons (Fsp3) is 0.632. The number of ether oxygens (including phenoxy) is 1. The molecule has 1 spiro atoms. The topological polar surface area (TPSA) is 53.0 Å². The molecule has 2 aliphatic heterocycles. The highest BCUT2D eigenvalue weighted by molar-refractivity contribution is 5.70. The van der Waals surface area contributed by atoms with Crippen molar-refractivity contribution in [3.8, 4) is 0 Å². The summed E-state index contributed by atoms with van der Waals surface area (Å²) in [4.78, 5) is 16.4. The number of nitrogens with zero attached hydrogens (tertiary/aromatic N) is 2. The van der Waals surface area contributed by atoms with Gasteiger partial charge in [-0.1, -0.05) is 30.3 Å². The van der Waals surface area contributed by atoms with Crippen LogP contribution < -0.4 is 0 Å². The van der Waals surface area contributed by atoms with Crippen LogP contribution in [-0.2, 0) is 11.3 Å². The number of hydrogen-bond acceptors (Lipinski definition) is 4. The Morgan fingerprint density at radius 3 is 2.58 bits per heavy atom. The molecule has 2 fully saturated rings. The van der Waals surface area contributed by atoms with E-state index in [0.29, 0.717) is 13.1 Å². The van der Waals surface area contributed by atoms with Gasteiger partial charge in [-0.2, -0.15) is 0 Å². The smallest absolute Gasteiger partial charge is 0.410 e. The number of carbonyl (C=O) groups is 1. The van der Waals surface area contributed by atoms with Gasteiger partial charge < -0.3 is 9.84 Å². The Bertz CT molecular complexity index is 586. The molecule has 0 bridgehead atoms. The molecular formula is C19H28N2O3. The van der Waals surface area contributed by atoms with E-state index < -0.39 is 17.4 Å². The Morgan fingerprint density at radius 2 is 2.00 bits per heavy atom. The summed E-state index contributed by atoms with van der Waals surface area (Å²) in [6.07, 6.45) is 0.757. The number of rotatable bonds is 2. The molecule has 0 saturated carbocycles. The second-order valence-corrected chi connectivity index (χ2v) is 7.93. The molecule has 3 atom stereocenters. The lowest BCUT2D eigenvalue weighted by Gasteiger charge is -2.61. The highest BCUT2D eigenvalue weighted by atomic mass is 16.6.